The maximum Gasteiger partial charge on any atom is 0.195 e. The van der Waals surface area contributed by atoms with E-state index in [9.17, 15) is 0 Å². The third-order valence-corrected chi connectivity index (χ3v) is 2.47. The first kappa shape index (κ1) is 10.1. The molecular formula is C9H10N4S2. The molecule has 3 N–H and O–H groups in total. The van der Waals surface area contributed by atoms with Crippen molar-refractivity contribution in [3.8, 4) is 0 Å². The second kappa shape index (κ2) is 4.41. The van der Waals surface area contributed by atoms with Gasteiger partial charge < -0.3 is 10.6 Å². The lowest BCUT2D eigenvalue weighted by Crippen LogP contribution is -2.58. The van der Waals surface area contributed by atoms with Crippen LogP contribution in [0.4, 0.5) is 5.69 Å². The molecule has 0 bridgehead atoms. The first-order valence-electron chi connectivity index (χ1n) is 4.44. The van der Waals surface area contributed by atoms with E-state index >= 15 is 0 Å². The van der Waals surface area contributed by atoms with Gasteiger partial charge in [-0.25, -0.2) is 5.01 Å². The fourth-order valence-corrected chi connectivity index (χ4v) is 1.63. The normalized spacial score (nSPS) is 15.6. The van der Waals surface area contributed by atoms with E-state index in [4.69, 9.17) is 24.4 Å². The number of nitrogens with one attached hydrogen (secondary N) is 3. The molecule has 0 radical (unpaired) electrons. The van der Waals surface area contributed by atoms with Gasteiger partial charge in [-0.15, -0.1) is 0 Å². The van der Waals surface area contributed by atoms with Crippen molar-refractivity contribution >= 4 is 40.3 Å². The fourth-order valence-electron chi connectivity index (χ4n) is 1.19. The van der Waals surface area contributed by atoms with E-state index < -0.39 is 0 Å². The average Bonchev–Trinajstić information content (AvgIpc) is 2.24. The summed E-state index contributed by atoms with van der Waals surface area (Å²) in [5.74, 6) is 0. The van der Waals surface area contributed by atoms with Gasteiger partial charge in [0.1, 0.15) is 6.67 Å². The van der Waals surface area contributed by atoms with E-state index in [0.29, 0.717) is 16.9 Å². The lowest BCUT2D eigenvalue weighted by molar-refractivity contribution is 0.464. The quantitative estimate of drug-likeness (QED) is 0.669. The predicted molar refractivity (Wildman–Crippen MR) is 68.2 cm³/mol. The van der Waals surface area contributed by atoms with E-state index in [0.717, 1.165) is 5.69 Å². The SMILES string of the molecule is S=C1NCN(Nc2ccccc2)C(=S)N1. The summed E-state index contributed by atoms with van der Waals surface area (Å²) in [5, 5.41) is 8.76. The molecule has 0 unspecified atom stereocenters. The number of nitrogens with zero attached hydrogens (tertiary/aromatic N) is 1. The number of anilines is 1. The summed E-state index contributed by atoms with van der Waals surface area (Å²) in [6.07, 6.45) is 0. The number of hydrogen-bond acceptors (Lipinski definition) is 3. The van der Waals surface area contributed by atoms with E-state index in [1.165, 1.54) is 0 Å². The van der Waals surface area contributed by atoms with E-state index in [1.807, 2.05) is 30.3 Å². The van der Waals surface area contributed by atoms with Gasteiger partial charge in [-0.05, 0) is 36.6 Å². The van der Waals surface area contributed by atoms with Crippen LogP contribution in [0.25, 0.3) is 0 Å². The molecule has 0 amide bonds. The summed E-state index contributed by atoms with van der Waals surface area (Å²) in [6, 6.07) is 9.82. The number of thiocarbonyl (C=S) groups is 2. The summed E-state index contributed by atoms with van der Waals surface area (Å²) < 4.78 is 0. The Balaban J connectivity index is 2.01. The molecule has 4 nitrogen and oxygen atoms in total. The Kier molecular flexibility index (Phi) is 2.98. The molecule has 0 atom stereocenters. The van der Waals surface area contributed by atoms with Crippen molar-refractivity contribution in [3.63, 3.8) is 0 Å². The summed E-state index contributed by atoms with van der Waals surface area (Å²) in [4.78, 5) is 0. The van der Waals surface area contributed by atoms with Crippen LogP contribution in [0.15, 0.2) is 30.3 Å². The van der Waals surface area contributed by atoms with Gasteiger partial charge in [0, 0.05) is 0 Å². The van der Waals surface area contributed by atoms with Crippen LogP contribution in [0.5, 0.6) is 0 Å². The Morgan fingerprint density at radius 1 is 1.20 bits per heavy atom. The van der Waals surface area contributed by atoms with Crippen molar-refractivity contribution in [1.82, 2.24) is 15.6 Å². The van der Waals surface area contributed by atoms with Crippen molar-refractivity contribution in [2.24, 2.45) is 0 Å². The molecule has 1 aromatic rings. The summed E-state index contributed by atoms with van der Waals surface area (Å²) in [6.45, 7) is 0.555. The standard InChI is InChI=1S/C9H10N4S2/c14-8-10-6-13(9(15)11-8)12-7-4-2-1-3-5-7/h1-5,12H,6H2,(H2,10,11,14,15). The Morgan fingerprint density at radius 2 is 1.93 bits per heavy atom. The lowest BCUT2D eigenvalue weighted by atomic mass is 10.3. The van der Waals surface area contributed by atoms with Crippen LogP contribution in [-0.4, -0.2) is 21.9 Å². The molecule has 0 aromatic heterocycles. The van der Waals surface area contributed by atoms with Crippen molar-refractivity contribution in [3.05, 3.63) is 30.3 Å². The minimum atomic E-state index is 0.555. The molecule has 1 aliphatic rings. The molecule has 0 saturated carbocycles. The van der Waals surface area contributed by atoms with Crippen molar-refractivity contribution in [2.75, 3.05) is 12.1 Å². The van der Waals surface area contributed by atoms with Crippen LogP contribution in [0.2, 0.25) is 0 Å². The average molecular weight is 238 g/mol. The first-order chi connectivity index (χ1) is 7.25. The second-order valence-corrected chi connectivity index (χ2v) is 3.79. The maximum atomic E-state index is 5.13. The molecule has 0 spiro atoms. The minimum absolute atomic E-state index is 0.555. The molecule has 0 aliphatic carbocycles. The largest absolute Gasteiger partial charge is 0.343 e. The minimum Gasteiger partial charge on any atom is -0.343 e. The zero-order valence-corrected chi connectivity index (χ0v) is 9.49. The molecule has 1 saturated heterocycles. The van der Waals surface area contributed by atoms with Gasteiger partial charge in [-0.2, -0.15) is 0 Å². The van der Waals surface area contributed by atoms with Crippen molar-refractivity contribution < 1.29 is 0 Å². The fraction of sp³-hybridized carbons (Fsp3) is 0.111. The smallest absolute Gasteiger partial charge is 0.195 e. The molecule has 2 rings (SSSR count). The molecule has 78 valence electrons. The Hall–Kier alpha value is -1.40. The molecule has 6 heteroatoms. The van der Waals surface area contributed by atoms with Crippen molar-refractivity contribution in [2.45, 2.75) is 0 Å². The van der Waals surface area contributed by atoms with Gasteiger partial charge in [0.2, 0.25) is 0 Å². The van der Waals surface area contributed by atoms with Gasteiger partial charge >= 0.3 is 0 Å². The predicted octanol–water partition coefficient (Wildman–Crippen LogP) is 1.04. The molecule has 1 fully saturated rings. The Bertz CT molecular complexity index is 379. The topological polar surface area (TPSA) is 39.3 Å². The van der Waals surface area contributed by atoms with E-state index in [2.05, 4.69) is 16.1 Å². The zero-order valence-electron chi connectivity index (χ0n) is 7.86. The number of hydrazine groups is 1. The Morgan fingerprint density at radius 3 is 2.60 bits per heavy atom. The highest BCUT2D eigenvalue weighted by Crippen LogP contribution is 2.07. The number of para-hydroxylation sites is 1. The maximum absolute atomic E-state index is 5.13. The number of hydrogen-bond donors (Lipinski definition) is 3. The lowest BCUT2D eigenvalue weighted by Gasteiger charge is -2.32. The van der Waals surface area contributed by atoms with Crippen LogP contribution in [-0.2, 0) is 0 Å². The number of rotatable bonds is 2. The zero-order chi connectivity index (χ0) is 10.7. The molecule has 15 heavy (non-hydrogen) atoms. The van der Waals surface area contributed by atoms with Crippen LogP contribution in [0.1, 0.15) is 0 Å². The third-order valence-electron chi connectivity index (χ3n) is 1.90. The Labute approximate surface area is 98.6 Å². The van der Waals surface area contributed by atoms with Crippen LogP contribution >= 0.6 is 24.4 Å². The van der Waals surface area contributed by atoms with Crippen LogP contribution in [0, 0.1) is 0 Å². The summed E-state index contributed by atoms with van der Waals surface area (Å²) in [7, 11) is 0. The monoisotopic (exact) mass is 238 g/mol. The van der Waals surface area contributed by atoms with Gasteiger partial charge in [0.25, 0.3) is 0 Å². The van der Waals surface area contributed by atoms with Crippen LogP contribution in [0.3, 0.4) is 0 Å². The van der Waals surface area contributed by atoms with Crippen molar-refractivity contribution in [1.29, 1.82) is 0 Å². The molecule has 1 heterocycles. The van der Waals surface area contributed by atoms with Gasteiger partial charge in [-0.1, -0.05) is 18.2 Å². The highest BCUT2D eigenvalue weighted by atomic mass is 32.1. The third kappa shape index (κ3) is 2.54. The van der Waals surface area contributed by atoms with E-state index in [1.54, 1.807) is 5.01 Å². The second-order valence-electron chi connectivity index (χ2n) is 3.00. The summed E-state index contributed by atoms with van der Waals surface area (Å²) >= 11 is 10.1. The molecule has 1 aliphatic heterocycles. The highest BCUT2D eigenvalue weighted by molar-refractivity contribution is 7.81. The van der Waals surface area contributed by atoms with Gasteiger partial charge in [0.15, 0.2) is 10.2 Å². The number of benzene rings is 1. The highest BCUT2D eigenvalue weighted by Gasteiger charge is 2.16. The summed E-state index contributed by atoms with van der Waals surface area (Å²) in [5.41, 5.74) is 4.14. The first-order valence-corrected chi connectivity index (χ1v) is 5.25. The van der Waals surface area contributed by atoms with Gasteiger partial charge in [0.05, 0.1) is 5.69 Å². The molecular weight excluding hydrogens is 228 g/mol. The van der Waals surface area contributed by atoms with Gasteiger partial charge in [-0.3, -0.25) is 5.43 Å². The van der Waals surface area contributed by atoms with Crippen LogP contribution < -0.4 is 16.1 Å². The van der Waals surface area contributed by atoms with E-state index in [-0.39, 0.29) is 0 Å². The molecule has 1 aromatic carbocycles.